The Morgan fingerprint density at radius 2 is 1.94 bits per heavy atom. The molecular formula is C14H20O3. The van der Waals surface area contributed by atoms with Gasteiger partial charge in [0.25, 0.3) is 0 Å². The van der Waals surface area contributed by atoms with Crippen LogP contribution < -0.4 is 0 Å². The predicted molar refractivity (Wildman–Crippen MR) is 65.5 cm³/mol. The molecule has 0 aromatic heterocycles. The molecule has 3 nitrogen and oxygen atoms in total. The van der Waals surface area contributed by atoms with E-state index in [9.17, 15) is 9.90 Å². The minimum Gasteiger partial charge on any atom is -0.481 e. The van der Waals surface area contributed by atoms with Gasteiger partial charge in [-0.05, 0) is 18.8 Å². The molecule has 0 heterocycles. The lowest BCUT2D eigenvalue weighted by molar-refractivity contribution is -0.140. The Bertz CT molecular complexity index is 339. The van der Waals surface area contributed by atoms with E-state index in [1.807, 2.05) is 18.2 Å². The number of hydrogen-bond donors (Lipinski definition) is 2. The lowest BCUT2D eigenvalue weighted by Crippen LogP contribution is -2.45. The van der Waals surface area contributed by atoms with Crippen molar-refractivity contribution in [2.45, 2.75) is 44.1 Å². The predicted octanol–water partition coefficient (Wildman–Crippen LogP) is 2.51. The Kier molecular flexibility index (Phi) is 3.67. The SMILES string of the molecule is O=C(O)C[C@@H]1C=CC=C[C@@]1(O)C1CCCCC1. The first-order valence-electron chi connectivity index (χ1n) is 6.43. The highest BCUT2D eigenvalue weighted by Crippen LogP contribution is 2.41. The first-order chi connectivity index (χ1) is 8.13. The number of hydrogen-bond acceptors (Lipinski definition) is 2. The smallest absolute Gasteiger partial charge is 0.304 e. The highest BCUT2D eigenvalue weighted by molar-refractivity contribution is 5.67. The summed E-state index contributed by atoms with van der Waals surface area (Å²) in [6.07, 6.45) is 12.9. The van der Waals surface area contributed by atoms with Crippen LogP contribution in [0.1, 0.15) is 38.5 Å². The van der Waals surface area contributed by atoms with Crippen LogP contribution in [0.4, 0.5) is 0 Å². The maximum absolute atomic E-state index is 10.9. The van der Waals surface area contributed by atoms with Crippen molar-refractivity contribution in [3.8, 4) is 0 Å². The van der Waals surface area contributed by atoms with Crippen molar-refractivity contribution in [1.82, 2.24) is 0 Å². The van der Waals surface area contributed by atoms with Crippen LogP contribution >= 0.6 is 0 Å². The quantitative estimate of drug-likeness (QED) is 0.791. The summed E-state index contributed by atoms with van der Waals surface area (Å²) in [6, 6.07) is 0. The number of carboxylic acid groups (broad SMARTS) is 1. The molecule has 94 valence electrons. The monoisotopic (exact) mass is 236 g/mol. The normalized spacial score (nSPS) is 33.8. The van der Waals surface area contributed by atoms with Gasteiger partial charge in [0.15, 0.2) is 0 Å². The van der Waals surface area contributed by atoms with Crippen LogP contribution in [-0.4, -0.2) is 21.8 Å². The second-order valence-electron chi connectivity index (χ2n) is 5.17. The van der Waals surface area contributed by atoms with Crippen LogP contribution in [0.5, 0.6) is 0 Å². The molecule has 0 unspecified atom stereocenters. The molecular weight excluding hydrogens is 216 g/mol. The highest BCUT2D eigenvalue weighted by Gasteiger charge is 2.42. The Morgan fingerprint density at radius 3 is 2.59 bits per heavy atom. The maximum atomic E-state index is 10.9. The second kappa shape index (κ2) is 5.05. The van der Waals surface area contributed by atoms with Gasteiger partial charge in [-0.3, -0.25) is 4.79 Å². The van der Waals surface area contributed by atoms with E-state index in [1.165, 1.54) is 6.42 Å². The average Bonchev–Trinajstić information content (AvgIpc) is 2.33. The first kappa shape index (κ1) is 12.4. The van der Waals surface area contributed by atoms with Crippen molar-refractivity contribution in [3.63, 3.8) is 0 Å². The molecule has 0 saturated heterocycles. The van der Waals surface area contributed by atoms with Crippen molar-refractivity contribution in [2.24, 2.45) is 11.8 Å². The van der Waals surface area contributed by atoms with Gasteiger partial charge < -0.3 is 10.2 Å². The van der Waals surface area contributed by atoms with Gasteiger partial charge in [0.05, 0.1) is 12.0 Å². The Labute approximate surface area is 102 Å². The summed E-state index contributed by atoms with van der Waals surface area (Å²) in [7, 11) is 0. The molecule has 0 aromatic carbocycles. The van der Waals surface area contributed by atoms with E-state index in [1.54, 1.807) is 6.08 Å². The van der Waals surface area contributed by atoms with Crippen LogP contribution in [0, 0.1) is 11.8 Å². The fourth-order valence-corrected chi connectivity index (χ4v) is 3.11. The van der Waals surface area contributed by atoms with E-state index in [-0.39, 0.29) is 18.3 Å². The van der Waals surface area contributed by atoms with Crippen molar-refractivity contribution < 1.29 is 15.0 Å². The number of rotatable bonds is 3. The number of allylic oxidation sites excluding steroid dienone is 2. The molecule has 2 atom stereocenters. The number of carbonyl (C=O) groups is 1. The van der Waals surface area contributed by atoms with E-state index >= 15 is 0 Å². The molecule has 2 N–H and O–H groups in total. The number of aliphatic carboxylic acids is 1. The second-order valence-corrected chi connectivity index (χ2v) is 5.17. The van der Waals surface area contributed by atoms with E-state index in [0.717, 1.165) is 25.7 Å². The van der Waals surface area contributed by atoms with Crippen LogP contribution in [0.15, 0.2) is 24.3 Å². The zero-order valence-electron chi connectivity index (χ0n) is 10.0. The molecule has 0 amide bonds. The molecule has 0 aliphatic heterocycles. The molecule has 3 heteroatoms. The van der Waals surface area contributed by atoms with E-state index < -0.39 is 11.6 Å². The van der Waals surface area contributed by atoms with Gasteiger partial charge in [-0.15, -0.1) is 0 Å². The molecule has 0 spiro atoms. The van der Waals surface area contributed by atoms with Crippen LogP contribution in [0.25, 0.3) is 0 Å². The Morgan fingerprint density at radius 1 is 1.24 bits per heavy atom. The number of aliphatic hydroxyl groups is 1. The summed E-state index contributed by atoms with van der Waals surface area (Å²) in [6.45, 7) is 0. The van der Waals surface area contributed by atoms with Crippen molar-refractivity contribution in [1.29, 1.82) is 0 Å². The van der Waals surface area contributed by atoms with Crippen LogP contribution in [0.2, 0.25) is 0 Å². The largest absolute Gasteiger partial charge is 0.481 e. The Hall–Kier alpha value is -1.09. The minimum atomic E-state index is -0.951. The summed E-state index contributed by atoms with van der Waals surface area (Å²) in [5.41, 5.74) is -0.951. The minimum absolute atomic E-state index is 0.00778. The third-order valence-electron chi connectivity index (χ3n) is 4.07. The lowest BCUT2D eigenvalue weighted by atomic mass is 9.68. The third-order valence-corrected chi connectivity index (χ3v) is 4.07. The molecule has 1 saturated carbocycles. The average molecular weight is 236 g/mol. The number of carboxylic acids is 1. The van der Waals surface area contributed by atoms with Gasteiger partial charge in [0, 0.05) is 5.92 Å². The zero-order chi connectivity index (χ0) is 12.3. The van der Waals surface area contributed by atoms with Gasteiger partial charge >= 0.3 is 5.97 Å². The summed E-state index contributed by atoms with van der Waals surface area (Å²) in [4.78, 5) is 10.9. The fourth-order valence-electron chi connectivity index (χ4n) is 3.11. The van der Waals surface area contributed by atoms with Crippen LogP contribution in [-0.2, 0) is 4.79 Å². The maximum Gasteiger partial charge on any atom is 0.304 e. The molecule has 1 fully saturated rings. The lowest BCUT2D eigenvalue weighted by Gasteiger charge is -2.41. The summed E-state index contributed by atoms with van der Waals surface area (Å²) >= 11 is 0. The Balaban J connectivity index is 2.15. The summed E-state index contributed by atoms with van der Waals surface area (Å²) in [5, 5.41) is 19.7. The highest BCUT2D eigenvalue weighted by atomic mass is 16.4. The zero-order valence-corrected chi connectivity index (χ0v) is 10.0. The standard InChI is InChI=1S/C14H20O3/c15-13(16)10-12-8-4-5-9-14(12,17)11-6-2-1-3-7-11/h4-5,8-9,11-12,17H,1-3,6-7,10H2,(H,15,16)/t12-,14+/m0/s1. The molecule has 2 rings (SSSR count). The molecule has 2 aliphatic rings. The molecule has 0 bridgehead atoms. The van der Waals surface area contributed by atoms with Gasteiger partial charge in [0.2, 0.25) is 0 Å². The third kappa shape index (κ3) is 2.60. The first-order valence-corrected chi connectivity index (χ1v) is 6.43. The van der Waals surface area contributed by atoms with E-state index in [0.29, 0.717) is 0 Å². The molecule has 0 aromatic rings. The van der Waals surface area contributed by atoms with Gasteiger partial charge in [-0.2, -0.15) is 0 Å². The van der Waals surface area contributed by atoms with Crippen LogP contribution in [0.3, 0.4) is 0 Å². The molecule has 0 radical (unpaired) electrons. The van der Waals surface area contributed by atoms with E-state index in [2.05, 4.69) is 0 Å². The van der Waals surface area contributed by atoms with Crippen molar-refractivity contribution >= 4 is 5.97 Å². The van der Waals surface area contributed by atoms with Crippen molar-refractivity contribution in [2.75, 3.05) is 0 Å². The topological polar surface area (TPSA) is 57.5 Å². The van der Waals surface area contributed by atoms with Gasteiger partial charge in [0.1, 0.15) is 0 Å². The van der Waals surface area contributed by atoms with Gasteiger partial charge in [-0.25, -0.2) is 0 Å². The molecule has 2 aliphatic carbocycles. The van der Waals surface area contributed by atoms with Gasteiger partial charge in [-0.1, -0.05) is 43.6 Å². The van der Waals surface area contributed by atoms with Crippen molar-refractivity contribution in [3.05, 3.63) is 24.3 Å². The van der Waals surface area contributed by atoms with E-state index in [4.69, 9.17) is 5.11 Å². The summed E-state index contributed by atoms with van der Waals surface area (Å²) in [5.74, 6) is -0.918. The fraction of sp³-hybridized carbons (Fsp3) is 0.643. The molecule has 17 heavy (non-hydrogen) atoms. The summed E-state index contributed by atoms with van der Waals surface area (Å²) < 4.78 is 0.